The van der Waals surface area contributed by atoms with Gasteiger partial charge in [0.2, 0.25) is 0 Å². The van der Waals surface area contributed by atoms with Crippen LogP contribution in [0.3, 0.4) is 0 Å². The molecule has 3 nitrogen and oxygen atoms in total. The second-order valence-corrected chi connectivity index (χ2v) is 5.11. The summed E-state index contributed by atoms with van der Waals surface area (Å²) in [4.78, 5) is 0. The predicted molar refractivity (Wildman–Crippen MR) is 71.7 cm³/mol. The lowest BCUT2D eigenvalue weighted by molar-refractivity contribution is 0.172. The van der Waals surface area contributed by atoms with Crippen molar-refractivity contribution in [1.29, 1.82) is 0 Å². The van der Waals surface area contributed by atoms with Crippen molar-refractivity contribution in [3.63, 3.8) is 0 Å². The van der Waals surface area contributed by atoms with E-state index in [-0.39, 0.29) is 0 Å². The summed E-state index contributed by atoms with van der Waals surface area (Å²) in [6, 6.07) is 0. The van der Waals surface area contributed by atoms with Gasteiger partial charge in [-0.2, -0.15) is 0 Å². The van der Waals surface area contributed by atoms with Gasteiger partial charge in [-0.05, 0) is 43.3 Å². The number of thiocarbonyl (C=S) groups is 1. The van der Waals surface area contributed by atoms with E-state index in [0.717, 1.165) is 31.2 Å². The molecule has 0 aromatic heterocycles. The Labute approximate surface area is 104 Å². The Kier molecular flexibility index (Phi) is 6.06. The topological polar surface area (TPSA) is 33.3 Å². The minimum atomic E-state index is 0.465. The number of nitrogens with one attached hydrogen (secondary N) is 2. The van der Waals surface area contributed by atoms with Crippen LogP contribution in [-0.4, -0.2) is 31.9 Å². The van der Waals surface area contributed by atoms with Crippen LogP contribution in [0.4, 0.5) is 0 Å². The molecule has 1 aliphatic rings. The standard InChI is InChI=1S/C12H24N2OS/c1-3-4-8-13-11(16)14-10-12(5-6-12)7-9-15-2/h3-10H2,1-2H3,(H2,13,14,16). The second kappa shape index (κ2) is 7.07. The van der Waals surface area contributed by atoms with Gasteiger partial charge >= 0.3 is 0 Å². The zero-order valence-corrected chi connectivity index (χ0v) is 11.3. The average molecular weight is 244 g/mol. The summed E-state index contributed by atoms with van der Waals surface area (Å²) in [5.41, 5.74) is 0.465. The van der Waals surface area contributed by atoms with Crippen LogP contribution >= 0.6 is 12.2 Å². The first kappa shape index (κ1) is 13.7. The van der Waals surface area contributed by atoms with Crippen LogP contribution in [0.25, 0.3) is 0 Å². The van der Waals surface area contributed by atoms with E-state index in [2.05, 4.69) is 17.6 Å². The average Bonchev–Trinajstić information content (AvgIpc) is 3.05. The summed E-state index contributed by atoms with van der Waals surface area (Å²) in [7, 11) is 1.76. The number of methoxy groups -OCH3 is 1. The van der Waals surface area contributed by atoms with E-state index in [1.807, 2.05) is 0 Å². The zero-order chi connectivity index (χ0) is 11.9. The van der Waals surface area contributed by atoms with Gasteiger partial charge in [0.1, 0.15) is 0 Å². The molecule has 1 rings (SSSR count). The summed E-state index contributed by atoms with van der Waals surface area (Å²) in [6.45, 7) is 5.02. The van der Waals surface area contributed by atoms with Crippen molar-refractivity contribution in [3.8, 4) is 0 Å². The van der Waals surface area contributed by atoms with Crippen molar-refractivity contribution in [1.82, 2.24) is 10.6 Å². The van der Waals surface area contributed by atoms with Crippen LogP contribution in [-0.2, 0) is 4.74 Å². The first-order valence-corrected chi connectivity index (χ1v) is 6.64. The molecule has 0 bridgehead atoms. The number of rotatable bonds is 8. The van der Waals surface area contributed by atoms with Crippen LogP contribution in [0, 0.1) is 5.41 Å². The maximum Gasteiger partial charge on any atom is 0.166 e. The Morgan fingerprint density at radius 3 is 2.69 bits per heavy atom. The van der Waals surface area contributed by atoms with Gasteiger partial charge < -0.3 is 15.4 Å². The predicted octanol–water partition coefficient (Wildman–Crippen LogP) is 2.07. The molecule has 0 spiro atoms. The lowest BCUT2D eigenvalue weighted by atomic mass is 10.0. The van der Waals surface area contributed by atoms with Gasteiger partial charge in [-0.1, -0.05) is 13.3 Å². The quantitative estimate of drug-likeness (QED) is 0.506. The molecule has 0 radical (unpaired) electrons. The van der Waals surface area contributed by atoms with Gasteiger partial charge in [0.15, 0.2) is 5.11 Å². The Morgan fingerprint density at radius 2 is 2.12 bits per heavy atom. The van der Waals surface area contributed by atoms with E-state index >= 15 is 0 Å². The first-order chi connectivity index (χ1) is 7.72. The molecule has 1 fully saturated rings. The molecular weight excluding hydrogens is 220 g/mol. The van der Waals surface area contributed by atoms with Gasteiger partial charge in [-0.25, -0.2) is 0 Å². The first-order valence-electron chi connectivity index (χ1n) is 6.23. The van der Waals surface area contributed by atoms with Crippen LogP contribution in [0.15, 0.2) is 0 Å². The molecule has 0 unspecified atom stereocenters. The minimum absolute atomic E-state index is 0.465. The van der Waals surface area contributed by atoms with Crippen molar-refractivity contribution >= 4 is 17.3 Å². The molecule has 1 saturated carbocycles. The highest BCUT2D eigenvalue weighted by molar-refractivity contribution is 7.80. The fraction of sp³-hybridized carbons (Fsp3) is 0.917. The molecule has 94 valence electrons. The van der Waals surface area contributed by atoms with Crippen LogP contribution in [0.5, 0.6) is 0 Å². The Hall–Kier alpha value is -0.350. The van der Waals surface area contributed by atoms with Crippen molar-refractivity contribution in [2.75, 3.05) is 26.8 Å². The fourth-order valence-electron chi connectivity index (χ4n) is 1.72. The van der Waals surface area contributed by atoms with E-state index in [4.69, 9.17) is 17.0 Å². The van der Waals surface area contributed by atoms with E-state index in [0.29, 0.717) is 5.41 Å². The van der Waals surface area contributed by atoms with Crippen molar-refractivity contribution < 1.29 is 4.74 Å². The summed E-state index contributed by atoms with van der Waals surface area (Å²) < 4.78 is 5.13. The molecule has 16 heavy (non-hydrogen) atoms. The fourth-order valence-corrected chi connectivity index (χ4v) is 1.89. The smallest absolute Gasteiger partial charge is 0.166 e. The normalized spacial score (nSPS) is 16.9. The lowest BCUT2D eigenvalue weighted by Gasteiger charge is -2.17. The molecule has 1 aliphatic carbocycles. The highest BCUT2D eigenvalue weighted by Gasteiger charge is 2.41. The lowest BCUT2D eigenvalue weighted by Crippen LogP contribution is -2.39. The molecule has 2 N–H and O–H groups in total. The van der Waals surface area contributed by atoms with E-state index in [9.17, 15) is 0 Å². The summed E-state index contributed by atoms with van der Waals surface area (Å²) >= 11 is 5.22. The number of hydrogen-bond donors (Lipinski definition) is 2. The largest absolute Gasteiger partial charge is 0.385 e. The monoisotopic (exact) mass is 244 g/mol. The van der Waals surface area contributed by atoms with Crippen LogP contribution in [0.2, 0.25) is 0 Å². The molecular formula is C12H24N2OS. The highest BCUT2D eigenvalue weighted by Crippen LogP contribution is 2.48. The highest BCUT2D eigenvalue weighted by atomic mass is 32.1. The van der Waals surface area contributed by atoms with Gasteiger partial charge in [-0.15, -0.1) is 0 Å². The van der Waals surface area contributed by atoms with Gasteiger partial charge in [-0.3, -0.25) is 0 Å². The molecule has 0 heterocycles. The van der Waals surface area contributed by atoms with Crippen molar-refractivity contribution in [3.05, 3.63) is 0 Å². The third kappa shape index (κ3) is 5.12. The number of unbranched alkanes of at least 4 members (excludes halogenated alkanes) is 1. The molecule has 0 aromatic carbocycles. The SMILES string of the molecule is CCCCNC(=S)NCC1(CCOC)CC1. The Bertz CT molecular complexity index is 217. The van der Waals surface area contributed by atoms with Gasteiger partial charge in [0.25, 0.3) is 0 Å². The van der Waals surface area contributed by atoms with E-state index in [1.54, 1.807) is 7.11 Å². The van der Waals surface area contributed by atoms with Crippen LogP contribution < -0.4 is 10.6 Å². The molecule has 0 atom stereocenters. The molecule has 0 saturated heterocycles. The van der Waals surface area contributed by atoms with Gasteiger partial charge in [0.05, 0.1) is 0 Å². The number of ether oxygens (including phenoxy) is 1. The maximum absolute atomic E-state index is 5.22. The third-order valence-electron chi connectivity index (χ3n) is 3.23. The maximum atomic E-state index is 5.22. The van der Waals surface area contributed by atoms with Crippen molar-refractivity contribution in [2.24, 2.45) is 5.41 Å². The van der Waals surface area contributed by atoms with Gasteiger partial charge in [0, 0.05) is 26.8 Å². The summed E-state index contributed by atoms with van der Waals surface area (Å²) in [5, 5.41) is 7.35. The zero-order valence-electron chi connectivity index (χ0n) is 10.5. The third-order valence-corrected chi connectivity index (χ3v) is 3.52. The van der Waals surface area contributed by atoms with Crippen molar-refractivity contribution in [2.45, 2.75) is 39.0 Å². The summed E-state index contributed by atoms with van der Waals surface area (Å²) in [5.74, 6) is 0. The number of hydrogen-bond acceptors (Lipinski definition) is 2. The van der Waals surface area contributed by atoms with E-state index < -0.39 is 0 Å². The van der Waals surface area contributed by atoms with E-state index in [1.165, 1.54) is 25.7 Å². The summed E-state index contributed by atoms with van der Waals surface area (Å²) in [6.07, 6.45) is 6.14. The minimum Gasteiger partial charge on any atom is -0.385 e. The molecule has 0 aromatic rings. The molecule has 0 amide bonds. The van der Waals surface area contributed by atoms with Crippen LogP contribution in [0.1, 0.15) is 39.0 Å². The second-order valence-electron chi connectivity index (χ2n) is 4.71. The Balaban J connectivity index is 2.07. The molecule has 0 aliphatic heterocycles. The molecule has 4 heteroatoms. The Morgan fingerprint density at radius 1 is 1.38 bits per heavy atom.